The van der Waals surface area contributed by atoms with Gasteiger partial charge in [0.15, 0.2) is 0 Å². The molecule has 1 saturated carbocycles. The Morgan fingerprint density at radius 2 is 1.57 bits per heavy atom. The minimum atomic E-state index is -0.961. The Hall–Kier alpha value is -4.15. The molecular weight excluding hydrogens is 592 g/mol. The summed E-state index contributed by atoms with van der Waals surface area (Å²) in [6, 6.07) is 13.9. The van der Waals surface area contributed by atoms with Crippen LogP contribution in [0.1, 0.15) is 102 Å². The normalized spacial score (nSPS) is 23.6. The van der Waals surface area contributed by atoms with Crippen LogP contribution >= 0.6 is 0 Å². The number of aromatic nitrogens is 2. The van der Waals surface area contributed by atoms with Gasteiger partial charge in [-0.05, 0) is 91.3 Å². The number of likely N-dealkylation sites (tertiary alicyclic amines) is 1. The zero-order valence-electron chi connectivity index (χ0n) is 26.7. The molecule has 3 amide bonds. The Morgan fingerprint density at radius 3 is 2.26 bits per heavy atom. The standard InChI is InChI=1S/C37H42N6O4/c44-33-10-9-32(35(45)40-33)43-23-27-19-29(5-8-31(27)36(43)46)37(47)13-17-41(18-14-37)22-24-1-6-30(7-2-24)42-15-11-26(12-16-42)34-38-20-28(21-39-34)25-3-4-25/h1-2,5-8,19-21,25-26,32,47H,3-4,9-18,22-23H2,(H,40,44,45). The summed E-state index contributed by atoms with van der Waals surface area (Å²) < 4.78 is 0. The van der Waals surface area contributed by atoms with Gasteiger partial charge in [0.2, 0.25) is 11.8 Å². The van der Waals surface area contributed by atoms with Crippen LogP contribution in [0.25, 0.3) is 0 Å². The molecule has 0 spiro atoms. The van der Waals surface area contributed by atoms with Crippen molar-refractivity contribution in [2.45, 2.75) is 87.9 Å². The summed E-state index contributed by atoms with van der Waals surface area (Å²) in [4.78, 5) is 52.9. The number of piperidine rings is 3. The maximum Gasteiger partial charge on any atom is 0.255 e. The van der Waals surface area contributed by atoms with Crippen molar-refractivity contribution in [3.8, 4) is 0 Å². The van der Waals surface area contributed by atoms with Crippen LogP contribution in [-0.2, 0) is 28.3 Å². The van der Waals surface area contributed by atoms with Gasteiger partial charge in [0.1, 0.15) is 11.9 Å². The summed E-state index contributed by atoms with van der Waals surface area (Å²) >= 11 is 0. The summed E-state index contributed by atoms with van der Waals surface area (Å²) in [7, 11) is 0. The molecular formula is C37H42N6O4. The number of hydrogen-bond donors (Lipinski definition) is 2. The van der Waals surface area contributed by atoms with Crippen molar-refractivity contribution >= 4 is 23.4 Å². The lowest BCUT2D eigenvalue weighted by atomic mass is 9.83. The van der Waals surface area contributed by atoms with Crippen LogP contribution in [0.3, 0.4) is 0 Å². The Kier molecular flexibility index (Phi) is 7.80. The maximum absolute atomic E-state index is 13.1. The third kappa shape index (κ3) is 6.05. The highest BCUT2D eigenvalue weighted by Gasteiger charge is 2.41. The zero-order chi connectivity index (χ0) is 32.1. The minimum Gasteiger partial charge on any atom is -0.385 e. The molecule has 10 nitrogen and oxygen atoms in total. The highest BCUT2D eigenvalue weighted by atomic mass is 16.3. The summed E-state index contributed by atoms with van der Waals surface area (Å²) in [5.41, 5.74) is 5.08. The molecule has 10 heteroatoms. The van der Waals surface area contributed by atoms with E-state index in [4.69, 9.17) is 9.97 Å². The smallest absolute Gasteiger partial charge is 0.255 e. The number of fused-ring (bicyclic) bond motifs is 1. The van der Waals surface area contributed by atoms with Crippen LogP contribution < -0.4 is 10.2 Å². The molecule has 4 aliphatic heterocycles. The van der Waals surface area contributed by atoms with Crippen molar-refractivity contribution in [3.05, 3.63) is 88.5 Å². The van der Waals surface area contributed by atoms with Gasteiger partial charge in [-0.15, -0.1) is 0 Å². The van der Waals surface area contributed by atoms with E-state index in [9.17, 15) is 19.5 Å². The van der Waals surface area contributed by atoms with Crippen LogP contribution in [-0.4, -0.2) is 74.8 Å². The van der Waals surface area contributed by atoms with Crippen LogP contribution in [0.15, 0.2) is 54.9 Å². The number of carbonyl (C=O) groups excluding carboxylic acids is 3. The molecule has 47 heavy (non-hydrogen) atoms. The Labute approximate surface area is 275 Å². The van der Waals surface area contributed by atoms with Crippen molar-refractivity contribution in [1.82, 2.24) is 25.1 Å². The Morgan fingerprint density at radius 1 is 0.851 bits per heavy atom. The summed E-state index contributed by atoms with van der Waals surface area (Å²) in [6.45, 7) is 4.71. The van der Waals surface area contributed by atoms with E-state index >= 15 is 0 Å². The third-order valence-corrected chi connectivity index (χ3v) is 11.1. The predicted molar refractivity (Wildman–Crippen MR) is 176 cm³/mol. The van der Waals surface area contributed by atoms with Gasteiger partial charge in [0.05, 0.1) is 5.60 Å². The maximum atomic E-state index is 13.1. The molecule has 1 aromatic heterocycles. The lowest BCUT2D eigenvalue weighted by molar-refractivity contribution is -0.136. The second-order valence-electron chi connectivity index (χ2n) is 14.2. The number of aliphatic hydroxyl groups is 1. The molecule has 0 radical (unpaired) electrons. The quantitative estimate of drug-likeness (QED) is 0.375. The summed E-state index contributed by atoms with van der Waals surface area (Å²) in [6.07, 6.45) is 10.6. The number of rotatable bonds is 7. The van der Waals surface area contributed by atoms with Crippen LogP contribution in [0.4, 0.5) is 5.69 Å². The molecule has 8 rings (SSSR count). The van der Waals surface area contributed by atoms with Gasteiger partial charge in [0.25, 0.3) is 5.91 Å². The second-order valence-corrected chi connectivity index (χ2v) is 14.2. The number of nitrogens with one attached hydrogen (secondary N) is 1. The van der Waals surface area contributed by atoms with Gasteiger partial charge in [-0.25, -0.2) is 9.97 Å². The molecule has 2 aromatic carbocycles. The molecule has 0 bridgehead atoms. The van der Waals surface area contributed by atoms with E-state index in [1.54, 1.807) is 11.0 Å². The second kappa shape index (κ2) is 12.1. The first kappa shape index (κ1) is 30.2. The largest absolute Gasteiger partial charge is 0.385 e. The van der Waals surface area contributed by atoms with Crippen molar-refractivity contribution in [1.29, 1.82) is 0 Å². The highest BCUT2D eigenvalue weighted by Crippen LogP contribution is 2.40. The van der Waals surface area contributed by atoms with E-state index in [1.807, 2.05) is 24.5 Å². The van der Waals surface area contributed by atoms with Crippen molar-refractivity contribution in [2.24, 2.45) is 0 Å². The molecule has 1 aliphatic carbocycles. The zero-order valence-corrected chi connectivity index (χ0v) is 26.7. The Bertz CT molecular complexity index is 1670. The number of amides is 3. The van der Waals surface area contributed by atoms with E-state index in [0.717, 1.165) is 62.5 Å². The minimum absolute atomic E-state index is 0.192. The Balaban J connectivity index is 0.833. The predicted octanol–water partition coefficient (Wildman–Crippen LogP) is 3.98. The molecule has 5 aliphatic rings. The monoisotopic (exact) mass is 634 g/mol. The van der Waals surface area contributed by atoms with Gasteiger partial charge in [0, 0.05) is 75.3 Å². The number of hydrogen-bond acceptors (Lipinski definition) is 8. The van der Waals surface area contributed by atoms with E-state index < -0.39 is 17.6 Å². The SMILES string of the molecule is O=C1CCC(N2Cc3cc(C4(O)CCN(Cc5ccc(N6CCC(c7ncc(C8CC8)cn7)CC6)cc5)CC4)ccc3C2=O)C(=O)N1. The molecule has 4 fully saturated rings. The van der Waals surface area contributed by atoms with Crippen molar-refractivity contribution < 1.29 is 19.5 Å². The lowest BCUT2D eigenvalue weighted by Gasteiger charge is -2.39. The van der Waals surface area contributed by atoms with Crippen LogP contribution in [0.2, 0.25) is 0 Å². The number of benzene rings is 2. The topological polar surface area (TPSA) is 119 Å². The molecule has 5 heterocycles. The molecule has 2 N–H and O–H groups in total. The summed E-state index contributed by atoms with van der Waals surface area (Å²) in [5, 5.41) is 14.0. The highest BCUT2D eigenvalue weighted by molar-refractivity contribution is 6.05. The van der Waals surface area contributed by atoms with E-state index in [1.165, 1.54) is 29.7 Å². The summed E-state index contributed by atoms with van der Waals surface area (Å²) in [5.74, 6) is 1.23. The van der Waals surface area contributed by atoms with Gasteiger partial charge >= 0.3 is 0 Å². The number of nitrogens with zero attached hydrogens (tertiary/aromatic N) is 5. The van der Waals surface area contributed by atoms with Gasteiger partial charge in [-0.1, -0.05) is 24.3 Å². The third-order valence-electron chi connectivity index (χ3n) is 11.1. The van der Waals surface area contributed by atoms with Gasteiger partial charge < -0.3 is 14.9 Å². The average molecular weight is 635 g/mol. The van der Waals surface area contributed by atoms with Crippen molar-refractivity contribution in [2.75, 3.05) is 31.1 Å². The van der Waals surface area contributed by atoms with E-state index in [2.05, 4.69) is 39.4 Å². The fraction of sp³-hybridized carbons (Fsp3) is 0.486. The molecule has 3 aromatic rings. The fourth-order valence-corrected chi connectivity index (χ4v) is 7.89. The van der Waals surface area contributed by atoms with E-state index in [-0.39, 0.29) is 18.2 Å². The molecule has 244 valence electrons. The van der Waals surface area contributed by atoms with E-state index in [0.29, 0.717) is 43.2 Å². The molecule has 1 unspecified atom stereocenters. The van der Waals surface area contributed by atoms with Gasteiger partial charge in [-0.3, -0.25) is 24.6 Å². The first-order valence-electron chi connectivity index (χ1n) is 17.2. The number of anilines is 1. The number of carbonyl (C=O) groups is 3. The first-order valence-corrected chi connectivity index (χ1v) is 17.2. The van der Waals surface area contributed by atoms with Crippen LogP contribution in [0.5, 0.6) is 0 Å². The molecule has 3 saturated heterocycles. The molecule has 1 atom stereocenters. The number of imide groups is 1. The van der Waals surface area contributed by atoms with Gasteiger partial charge in [-0.2, -0.15) is 0 Å². The lowest BCUT2D eigenvalue weighted by Crippen LogP contribution is -2.52. The fourth-order valence-electron chi connectivity index (χ4n) is 7.89. The van der Waals surface area contributed by atoms with Crippen LogP contribution in [0, 0.1) is 0 Å². The van der Waals surface area contributed by atoms with Crippen molar-refractivity contribution in [3.63, 3.8) is 0 Å². The average Bonchev–Trinajstić information content (AvgIpc) is 3.90. The first-order chi connectivity index (χ1) is 22.8.